The highest BCUT2D eigenvalue weighted by Crippen LogP contribution is 2.19. The van der Waals surface area contributed by atoms with Crippen molar-refractivity contribution in [1.82, 2.24) is 14.8 Å². The van der Waals surface area contributed by atoms with E-state index in [0.29, 0.717) is 13.1 Å². The molecule has 3 rings (SSSR count). The Balaban J connectivity index is 1.66. The maximum atomic E-state index is 12.2. The molecule has 1 aromatic rings. The molecule has 1 aliphatic heterocycles. The molecule has 0 spiro atoms. The number of nitrogens with one attached hydrogen (secondary N) is 1. The molecule has 1 aromatic heterocycles. The average Bonchev–Trinajstić information content (AvgIpc) is 3.00. The fourth-order valence-electron chi connectivity index (χ4n) is 3.37. The van der Waals surface area contributed by atoms with Crippen LogP contribution >= 0.6 is 0 Å². The summed E-state index contributed by atoms with van der Waals surface area (Å²) in [4.78, 5) is 19.7. The van der Waals surface area contributed by atoms with Crippen molar-refractivity contribution in [3.05, 3.63) is 34.6 Å². The van der Waals surface area contributed by atoms with Gasteiger partial charge in [-0.25, -0.2) is 4.79 Å². The number of rotatable bonds is 1. The zero-order chi connectivity index (χ0) is 18.0. The molecule has 1 amide bonds. The lowest BCUT2D eigenvalue weighted by molar-refractivity contribution is 0.0167. The lowest BCUT2D eigenvalue weighted by atomic mass is 10.0. The first kappa shape index (κ1) is 17.6. The Morgan fingerprint density at radius 2 is 1.84 bits per heavy atom. The van der Waals surface area contributed by atoms with Crippen molar-refractivity contribution in [2.45, 2.75) is 46.1 Å². The van der Waals surface area contributed by atoms with Crippen LogP contribution in [0.4, 0.5) is 4.79 Å². The summed E-state index contributed by atoms with van der Waals surface area (Å²) in [6, 6.07) is 2.15. The molecule has 1 aliphatic carbocycles. The van der Waals surface area contributed by atoms with Gasteiger partial charge in [0.15, 0.2) is 0 Å². The number of carbonyl (C=O) groups excluding carboxylic acids is 1. The van der Waals surface area contributed by atoms with Crippen molar-refractivity contribution in [3.63, 3.8) is 0 Å². The zero-order valence-electron chi connectivity index (χ0n) is 15.8. The number of piperazine rings is 1. The average molecular weight is 343 g/mol. The fourth-order valence-corrected chi connectivity index (χ4v) is 3.37. The van der Waals surface area contributed by atoms with Gasteiger partial charge in [-0.2, -0.15) is 0 Å². The number of fused-ring (bicyclic) bond motifs is 1. The summed E-state index contributed by atoms with van der Waals surface area (Å²) in [6.45, 7) is 11.1. The fraction of sp³-hybridized carbons (Fsp3) is 0.550. The molecule has 0 atom stereocenters. The van der Waals surface area contributed by atoms with Crippen LogP contribution in [0, 0.1) is 0 Å². The first-order valence-electron chi connectivity index (χ1n) is 9.10. The highest BCUT2D eigenvalue weighted by molar-refractivity contribution is 5.68. The second kappa shape index (κ2) is 6.98. The number of ether oxygens (including phenoxy) is 1. The van der Waals surface area contributed by atoms with Gasteiger partial charge in [-0.15, -0.1) is 0 Å². The quantitative estimate of drug-likeness (QED) is 0.850. The molecule has 0 aromatic carbocycles. The van der Waals surface area contributed by atoms with Gasteiger partial charge in [-0.3, -0.25) is 0 Å². The summed E-state index contributed by atoms with van der Waals surface area (Å²) in [5, 5.41) is 2.51. The van der Waals surface area contributed by atoms with E-state index in [1.807, 2.05) is 31.9 Å². The number of hydrogen-bond donors (Lipinski definition) is 1. The molecule has 0 saturated carbocycles. The lowest BCUT2D eigenvalue weighted by Gasteiger charge is -2.38. The highest BCUT2D eigenvalue weighted by atomic mass is 16.6. The van der Waals surface area contributed by atoms with E-state index in [1.165, 1.54) is 21.8 Å². The Morgan fingerprint density at radius 3 is 2.52 bits per heavy atom. The van der Waals surface area contributed by atoms with Crippen LogP contribution in [0.15, 0.2) is 24.0 Å². The summed E-state index contributed by atoms with van der Waals surface area (Å²) >= 11 is 0. The van der Waals surface area contributed by atoms with Gasteiger partial charge in [-0.1, -0.05) is 5.57 Å². The predicted octanol–water partition coefficient (Wildman–Crippen LogP) is 2.20. The maximum Gasteiger partial charge on any atom is 0.410 e. The van der Waals surface area contributed by atoms with Crippen molar-refractivity contribution in [2.24, 2.45) is 0 Å². The van der Waals surface area contributed by atoms with E-state index >= 15 is 0 Å². The summed E-state index contributed by atoms with van der Waals surface area (Å²) in [6.07, 6.45) is 8.31. The Morgan fingerprint density at radius 1 is 1.12 bits per heavy atom. The van der Waals surface area contributed by atoms with E-state index in [9.17, 15) is 4.79 Å². The highest BCUT2D eigenvalue weighted by Gasteiger charge is 2.26. The number of H-pyrrole nitrogens is 1. The third kappa shape index (κ3) is 4.27. The van der Waals surface area contributed by atoms with E-state index in [2.05, 4.69) is 35.0 Å². The molecule has 2 aliphatic rings. The van der Waals surface area contributed by atoms with Gasteiger partial charge in [0.1, 0.15) is 5.60 Å². The van der Waals surface area contributed by atoms with E-state index in [0.717, 1.165) is 25.9 Å². The lowest BCUT2D eigenvalue weighted by Crippen LogP contribution is -2.49. The van der Waals surface area contributed by atoms with E-state index in [-0.39, 0.29) is 6.09 Å². The van der Waals surface area contributed by atoms with Gasteiger partial charge in [-0.05, 0) is 64.0 Å². The molecule has 0 unspecified atom stereocenters. The Hall–Kier alpha value is -2.17. The second-order valence-electron chi connectivity index (χ2n) is 7.86. The third-order valence-corrected chi connectivity index (χ3v) is 4.77. The van der Waals surface area contributed by atoms with E-state index in [1.54, 1.807) is 0 Å². The van der Waals surface area contributed by atoms with Crippen molar-refractivity contribution in [1.29, 1.82) is 0 Å². The Labute approximate surface area is 149 Å². The smallest absolute Gasteiger partial charge is 0.410 e. The number of hydrogen-bond acceptors (Lipinski definition) is 3. The first-order chi connectivity index (χ1) is 11.8. The molecule has 136 valence electrons. The molecular formula is C20H29N3O2. The molecular weight excluding hydrogens is 314 g/mol. The number of allylic oxidation sites excluding steroid dienone is 2. The number of aromatic amines is 1. The number of amides is 1. The predicted molar refractivity (Wildman–Crippen MR) is 100 cm³/mol. The first-order valence-corrected chi connectivity index (χ1v) is 9.10. The van der Waals surface area contributed by atoms with Gasteiger partial charge < -0.3 is 19.5 Å². The van der Waals surface area contributed by atoms with Gasteiger partial charge >= 0.3 is 6.09 Å². The summed E-state index contributed by atoms with van der Waals surface area (Å²) in [5.41, 5.74) is 2.33. The molecule has 1 saturated heterocycles. The number of carbonyl (C=O) groups is 1. The van der Waals surface area contributed by atoms with Crippen LogP contribution in [0.2, 0.25) is 0 Å². The molecule has 0 radical (unpaired) electrons. The summed E-state index contributed by atoms with van der Waals surface area (Å²) in [5.74, 6) is 0. The van der Waals surface area contributed by atoms with Crippen LogP contribution < -0.4 is 10.6 Å². The van der Waals surface area contributed by atoms with Gasteiger partial charge in [0.25, 0.3) is 0 Å². The molecule has 0 bridgehead atoms. The molecule has 25 heavy (non-hydrogen) atoms. The van der Waals surface area contributed by atoms with Crippen LogP contribution in [0.5, 0.6) is 0 Å². The minimum absolute atomic E-state index is 0.203. The SMILES string of the molecule is C/C1=c2/cc[nH]/c2=C/C=C(/N2CCN(C(=O)OC(C)(C)C)CC2)CC1. The number of nitrogens with zero attached hydrogens (tertiary/aromatic N) is 2. The summed E-state index contributed by atoms with van der Waals surface area (Å²) in [7, 11) is 0. The minimum Gasteiger partial charge on any atom is -0.444 e. The van der Waals surface area contributed by atoms with Crippen LogP contribution in [0.1, 0.15) is 40.5 Å². The van der Waals surface area contributed by atoms with Crippen molar-refractivity contribution in [2.75, 3.05) is 26.2 Å². The molecule has 5 nitrogen and oxygen atoms in total. The van der Waals surface area contributed by atoms with Crippen LogP contribution in [-0.2, 0) is 4.74 Å². The monoisotopic (exact) mass is 343 g/mol. The molecule has 1 N–H and O–H groups in total. The van der Waals surface area contributed by atoms with Gasteiger partial charge in [0.05, 0.1) is 0 Å². The van der Waals surface area contributed by atoms with Crippen LogP contribution in [-0.4, -0.2) is 52.7 Å². The molecule has 2 heterocycles. The van der Waals surface area contributed by atoms with Gasteiger partial charge in [0, 0.05) is 43.4 Å². The maximum absolute atomic E-state index is 12.2. The standard InChI is InChI=1S/C20H29N3O2/c1-15-5-6-16(7-8-18-17(15)9-10-21-18)22-11-13-23(14-12-22)19(24)25-20(2,3)4/h7-10,21H,5-6,11-14H2,1-4H3/b16-7+,17-15+,18-8+. The van der Waals surface area contributed by atoms with E-state index < -0.39 is 5.60 Å². The second-order valence-corrected chi connectivity index (χ2v) is 7.86. The van der Waals surface area contributed by atoms with Crippen molar-refractivity contribution < 1.29 is 9.53 Å². The van der Waals surface area contributed by atoms with Crippen molar-refractivity contribution in [3.8, 4) is 0 Å². The Kier molecular flexibility index (Phi) is 4.93. The van der Waals surface area contributed by atoms with Crippen LogP contribution in [0.3, 0.4) is 0 Å². The minimum atomic E-state index is -0.438. The number of aromatic nitrogens is 1. The molecule has 1 fully saturated rings. The zero-order valence-corrected chi connectivity index (χ0v) is 15.8. The normalized spacial score (nSPS) is 24.3. The summed E-state index contributed by atoms with van der Waals surface area (Å²) < 4.78 is 5.48. The largest absolute Gasteiger partial charge is 0.444 e. The van der Waals surface area contributed by atoms with Crippen LogP contribution in [0.25, 0.3) is 11.6 Å². The topological polar surface area (TPSA) is 48.6 Å². The van der Waals surface area contributed by atoms with Crippen molar-refractivity contribution >= 4 is 17.7 Å². The Bertz CT molecular complexity index is 775. The third-order valence-electron chi connectivity index (χ3n) is 4.77. The van der Waals surface area contributed by atoms with Gasteiger partial charge in [0.2, 0.25) is 0 Å². The molecule has 5 heteroatoms. The van der Waals surface area contributed by atoms with E-state index in [4.69, 9.17) is 4.74 Å².